The molecule has 0 aliphatic carbocycles. The zero-order chi connectivity index (χ0) is 22.7. The minimum absolute atomic E-state index is 0.146. The first kappa shape index (κ1) is 21.8. The standard InChI is InChI=1S/C23H20FNO6S/c1-32(27,28)25-20-9-5-8-16(12-20)22(26)29-13-17-10-19(24)11-18-14-30-23(31-21(17)18)15-6-3-2-4-7-15/h2-12,23,25H,13-14H2,1H3/t23-/m0/s1. The fraction of sp³-hybridized carbons (Fsp3) is 0.174. The molecule has 1 heterocycles. The highest BCUT2D eigenvalue weighted by atomic mass is 32.2. The van der Waals surface area contributed by atoms with Crippen molar-refractivity contribution in [1.82, 2.24) is 0 Å². The number of esters is 1. The van der Waals surface area contributed by atoms with Crippen molar-refractivity contribution in [2.24, 2.45) is 0 Å². The summed E-state index contributed by atoms with van der Waals surface area (Å²) >= 11 is 0. The molecule has 0 aromatic heterocycles. The monoisotopic (exact) mass is 457 g/mol. The number of nitrogens with one attached hydrogen (secondary N) is 1. The molecule has 0 radical (unpaired) electrons. The molecule has 1 aliphatic rings. The third kappa shape index (κ3) is 5.24. The minimum Gasteiger partial charge on any atom is -0.460 e. The van der Waals surface area contributed by atoms with E-state index in [2.05, 4.69) is 4.72 Å². The summed E-state index contributed by atoms with van der Waals surface area (Å²) in [7, 11) is -3.49. The van der Waals surface area contributed by atoms with Crippen LogP contribution in [0.2, 0.25) is 0 Å². The van der Waals surface area contributed by atoms with Crippen molar-refractivity contribution in [1.29, 1.82) is 0 Å². The fourth-order valence-corrected chi connectivity index (χ4v) is 3.86. The summed E-state index contributed by atoms with van der Waals surface area (Å²) in [6.45, 7) is -0.0863. The Morgan fingerprint density at radius 1 is 1.12 bits per heavy atom. The first-order valence-corrected chi connectivity index (χ1v) is 11.6. The summed E-state index contributed by atoms with van der Waals surface area (Å²) in [6.07, 6.45) is 0.347. The number of ether oxygens (including phenoxy) is 3. The number of benzene rings is 3. The Labute approximate surface area is 184 Å². The average Bonchev–Trinajstić information content (AvgIpc) is 2.76. The third-order valence-electron chi connectivity index (χ3n) is 4.65. The molecule has 0 unspecified atom stereocenters. The maximum atomic E-state index is 14.1. The lowest BCUT2D eigenvalue weighted by Crippen LogP contribution is -2.20. The molecule has 0 amide bonds. The zero-order valence-corrected chi connectivity index (χ0v) is 17.9. The van der Waals surface area contributed by atoms with E-state index in [1.807, 2.05) is 30.3 Å². The van der Waals surface area contributed by atoms with Gasteiger partial charge in [0.1, 0.15) is 18.2 Å². The van der Waals surface area contributed by atoms with Crippen LogP contribution >= 0.6 is 0 Å². The van der Waals surface area contributed by atoms with E-state index in [4.69, 9.17) is 14.2 Å². The van der Waals surface area contributed by atoms with Gasteiger partial charge in [0, 0.05) is 22.4 Å². The summed E-state index contributed by atoms with van der Waals surface area (Å²) in [5.41, 5.74) is 2.07. The van der Waals surface area contributed by atoms with Crippen LogP contribution in [-0.2, 0) is 32.7 Å². The topological polar surface area (TPSA) is 90.9 Å². The van der Waals surface area contributed by atoms with Gasteiger partial charge in [-0.2, -0.15) is 0 Å². The van der Waals surface area contributed by atoms with Crippen molar-refractivity contribution >= 4 is 21.7 Å². The Bertz CT molecular complexity index is 1250. The molecule has 166 valence electrons. The Hall–Kier alpha value is -3.43. The molecule has 0 spiro atoms. The Kier molecular flexibility index (Phi) is 6.11. The summed E-state index contributed by atoms with van der Waals surface area (Å²) in [4.78, 5) is 12.5. The lowest BCUT2D eigenvalue weighted by atomic mass is 10.1. The van der Waals surface area contributed by atoms with Crippen molar-refractivity contribution in [3.05, 3.63) is 94.8 Å². The van der Waals surface area contributed by atoms with E-state index in [-0.39, 0.29) is 24.5 Å². The number of halogens is 1. The van der Waals surface area contributed by atoms with Gasteiger partial charge < -0.3 is 14.2 Å². The van der Waals surface area contributed by atoms with E-state index < -0.39 is 28.1 Å². The van der Waals surface area contributed by atoms with Crippen molar-refractivity contribution in [2.75, 3.05) is 11.0 Å². The van der Waals surface area contributed by atoms with Crippen LogP contribution in [0.4, 0.5) is 10.1 Å². The van der Waals surface area contributed by atoms with Gasteiger partial charge in [-0.25, -0.2) is 17.6 Å². The van der Waals surface area contributed by atoms with E-state index in [0.29, 0.717) is 16.9 Å². The third-order valence-corrected chi connectivity index (χ3v) is 5.26. The molecule has 1 aliphatic heterocycles. The molecule has 3 aromatic rings. The molecule has 1 N–H and O–H groups in total. The number of sulfonamides is 1. The second-order valence-electron chi connectivity index (χ2n) is 7.26. The van der Waals surface area contributed by atoms with Gasteiger partial charge in [0.05, 0.1) is 18.4 Å². The average molecular weight is 457 g/mol. The van der Waals surface area contributed by atoms with E-state index in [9.17, 15) is 17.6 Å². The maximum Gasteiger partial charge on any atom is 0.338 e. The van der Waals surface area contributed by atoms with Crippen LogP contribution in [-0.4, -0.2) is 20.6 Å². The van der Waals surface area contributed by atoms with Gasteiger partial charge in [0.15, 0.2) is 0 Å². The number of carbonyl (C=O) groups is 1. The van der Waals surface area contributed by atoms with Gasteiger partial charge >= 0.3 is 5.97 Å². The number of hydrogen-bond donors (Lipinski definition) is 1. The normalized spacial score (nSPS) is 15.4. The van der Waals surface area contributed by atoms with Gasteiger partial charge in [-0.05, 0) is 30.3 Å². The molecule has 32 heavy (non-hydrogen) atoms. The quantitative estimate of drug-likeness (QED) is 0.559. The first-order chi connectivity index (χ1) is 15.3. The van der Waals surface area contributed by atoms with Gasteiger partial charge in [-0.15, -0.1) is 0 Å². The van der Waals surface area contributed by atoms with Crippen molar-refractivity contribution in [3.63, 3.8) is 0 Å². The molecular formula is C23H20FNO6S. The maximum absolute atomic E-state index is 14.1. The Balaban J connectivity index is 1.51. The second kappa shape index (κ2) is 8.97. The highest BCUT2D eigenvalue weighted by Crippen LogP contribution is 2.37. The summed E-state index contributed by atoms with van der Waals surface area (Å²) in [5.74, 6) is -0.780. The van der Waals surface area contributed by atoms with Crippen LogP contribution < -0.4 is 9.46 Å². The van der Waals surface area contributed by atoms with E-state index in [1.54, 1.807) is 0 Å². The van der Waals surface area contributed by atoms with Crippen LogP contribution in [0.1, 0.15) is 33.3 Å². The van der Waals surface area contributed by atoms with Crippen molar-refractivity contribution in [3.8, 4) is 5.75 Å². The van der Waals surface area contributed by atoms with Crippen LogP contribution in [0.15, 0.2) is 66.7 Å². The molecule has 3 aromatic carbocycles. The van der Waals surface area contributed by atoms with E-state index in [1.165, 1.54) is 36.4 Å². The number of hydrogen-bond acceptors (Lipinski definition) is 6. The Morgan fingerprint density at radius 3 is 2.66 bits per heavy atom. The highest BCUT2D eigenvalue weighted by Gasteiger charge is 2.25. The molecule has 0 saturated heterocycles. The molecule has 1 atom stereocenters. The molecule has 4 rings (SSSR count). The fourth-order valence-electron chi connectivity index (χ4n) is 3.31. The summed E-state index contributed by atoms with van der Waals surface area (Å²) in [6, 6.07) is 17.8. The smallest absolute Gasteiger partial charge is 0.338 e. The van der Waals surface area contributed by atoms with Gasteiger partial charge in [0.2, 0.25) is 16.3 Å². The molecule has 0 saturated carbocycles. The van der Waals surface area contributed by atoms with E-state index >= 15 is 0 Å². The number of anilines is 1. The molecule has 9 heteroatoms. The van der Waals surface area contributed by atoms with Gasteiger partial charge in [-0.1, -0.05) is 36.4 Å². The molecule has 0 fully saturated rings. The predicted molar refractivity (Wildman–Crippen MR) is 115 cm³/mol. The second-order valence-corrected chi connectivity index (χ2v) is 9.00. The molecule has 0 bridgehead atoms. The van der Waals surface area contributed by atoms with Crippen LogP contribution in [0.25, 0.3) is 0 Å². The molecule has 7 nitrogen and oxygen atoms in total. The number of carbonyl (C=O) groups excluding carboxylic acids is 1. The minimum atomic E-state index is -3.49. The van der Waals surface area contributed by atoms with Gasteiger partial charge in [-0.3, -0.25) is 4.72 Å². The SMILES string of the molecule is CS(=O)(=O)Nc1cccc(C(=O)OCc2cc(F)cc3c2O[C@@H](c2ccccc2)OC3)c1. The van der Waals surface area contributed by atoms with Crippen LogP contribution in [0.3, 0.4) is 0 Å². The van der Waals surface area contributed by atoms with Gasteiger partial charge in [0.25, 0.3) is 0 Å². The number of fused-ring (bicyclic) bond motifs is 1. The largest absolute Gasteiger partial charge is 0.460 e. The van der Waals surface area contributed by atoms with Crippen molar-refractivity contribution in [2.45, 2.75) is 19.5 Å². The first-order valence-electron chi connectivity index (χ1n) is 9.68. The lowest BCUT2D eigenvalue weighted by Gasteiger charge is -2.28. The Morgan fingerprint density at radius 2 is 1.91 bits per heavy atom. The zero-order valence-electron chi connectivity index (χ0n) is 17.1. The predicted octanol–water partition coefficient (Wildman–Crippen LogP) is 4.16. The number of rotatable bonds is 6. The van der Waals surface area contributed by atoms with Crippen LogP contribution in [0.5, 0.6) is 5.75 Å². The van der Waals surface area contributed by atoms with E-state index in [0.717, 1.165) is 11.8 Å². The van der Waals surface area contributed by atoms with Crippen molar-refractivity contribution < 1.29 is 31.8 Å². The summed E-state index contributed by atoms with van der Waals surface area (Å²) < 4.78 is 56.2. The highest BCUT2D eigenvalue weighted by molar-refractivity contribution is 7.92. The lowest BCUT2D eigenvalue weighted by molar-refractivity contribution is -0.112. The summed E-state index contributed by atoms with van der Waals surface area (Å²) in [5, 5.41) is 0. The molecular weight excluding hydrogens is 437 g/mol. The van der Waals surface area contributed by atoms with Crippen LogP contribution in [0, 0.1) is 5.82 Å².